The van der Waals surface area contributed by atoms with Gasteiger partial charge in [0.25, 0.3) is 0 Å². The molecule has 4 heterocycles. The Morgan fingerprint density at radius 2 is 1.93 bits per heavy atom. The van der Waals surface area contributed by atoms with Crippen molar-refractivity contribution in [3.63, 3.8) is 0 Å². The first kappa shape index (κ1) is 19.4. The van der Waals surface area contributed by atoms with Crippen LogP contribution < -0.4 is 10.6 Å². The Hall–Kier alpha value is -2.55. The Balaban J connectivity index is 1.30. The number of carbonyl (C=O) groups is 1. The van der Waals surface area contributed by atoms with E-state index in [-0.39, 0.29) is 23.0 Å². The molecule has 2 N–H and O–H groups in total. The molecule has 0 aromatic carbocycles. The van der Waals surface area contributed by atoms with Gasteiger partial charge in [-0.15, -0.1) is 0 Å². The number of likely N-dealkylation sites (tertiary alicyclic amines) is 1. The monoisotopic (exact) mass is 431 g/mol. The maximum absolute atomic E-state index is 12.4. The molecule has 1 amide bonds. The first-order valence-electron chi connectivity index (χ1n) is 10.3. The lowest BCUT2D eigenvalue weighted by Crippen LogP contribution is -2.63. The van der Waals surface area contributed by atoms with Crippen LogP contribution in [0.5, 0.6) is 0 Å². The van der Waals surface area contributed by atoms with Crippen LogP contribution in [0.4, 0.5) is 16.4 Å². The Labute approximate surface area is 180 Å². The molecule has 2 aromatic heterocycles. The number of hydrogen-bond donors (Lipinski definition) is 2. The SMILES string of the molecule is CC(C)(C)OC(=O)N1CC2(CC(Nc3cc(NC4CC4)nc(Cl)n3)c3nccn32)C1. The highest BCUT2D eigenvalue weighted by Gasteiger charge is 2.54. The molecule has 1 saturated carbocycles. The van der Waals surface area contributed by atoms with Gasteiger partial charge in [0.05, 0.1) is 11.6 Å². The first-order chi connectivity index (χ1) is 14.2. The third kappa shape index (κ3) is 3.66. The molecule has 30 heavy (non-hydrogen) atoms. The van der Waals surface area contributed by atoms with Crippen LogP contribution in [0.3, 0.4) is 0 Å². The number of aromatic nitrogens is 4. The second kappa shape index (κ2) is 6.73. The highest BCUT2D eigenvalue weighted by atomic mass is 35.5. The molecule has 160 valence electrons. The number of ether oxygens (including phenoxy) is 1. The van der Waals surface area contributed by atoms with E-state index < -0.39 is 5.60 Å². The third-order valence-electron chi connectivity index (χ3n) is 5.65. The Kier molecular flexibility index (Phi) is 4.36. The third-order valence-corrected chi connectivity index (χ3v) is 5.82. The average molecular weight is 432 g/mol. The van der Waals surface area contributed by atoms with Crippen LogP contribution in [0, 0.1) is 0 Å². The van der Waals surface area contributed by atoms with E-state index in [1.54, 1.807) is 11.1 Å². The van der Waals surface area contributed by atoms with Crippen LogP contribution in [0.2, 0.25) is 5.28 Å². The summed E-state index contributed by atoms with van der Waals surface area (Å²) in [4.78, 5) is 27.3. The summed E-state index contributed by atoms with van der Waals surface area (Å²) in [5.74, 6) is 2.33. The number of nitrogens with one attached hydrogen (secondary N) is 2. The summed E-state index contributed by atoms with van der Waals surface area (Å²) in [6.07, 6.45) is 6.62. The number of amides is 1. The molecule has 2 aromatic rings. The molecule has 1 unspecified atom stereocenters. The Morgan fingerprint density at radius 1 is 1.23 bits per heavy atom. The predicted molar refractivity (Wildman–Crippen MR) is 113 cm³/mol. The quantitative estimate of drug-likeness (QED) is 0.716. The maximum atomic E-state index is 12.4. The number of carbonyl (C=O) groups excluding carboxylic acids is 1. The lowest BCUT2D eigenvalue weighted by molar-refractivity contribution is -0.0270. The maximum Gasteiger partial charge on any atom is 0.410 e. The van der Waals surface area contributed by atoms with Gasteiger partial charge in [0.1, 0.15) is 23.1 Å². The molecule has 2 aliphatic heterocycles. The number of halogens is 1. The molecule has 1 atom stereocenters. The summed E-state index contributed by atoms with van der Waals surface area (Å²) in [5.41, 5.74) is -0.676. The number of fused-ring (bicyclic) bond motifs is 2. The summed E-state index contributed by atoms with van der Waals surface area (Å²) < 4.78 is 7.69. The van der Waals surface area contributed by atoms with E-state index >= 15 is 0 Å². The molecular formula is C20H26ClN7O2. The zero-order chi connectivity index (χ0) is 21.1. The lowest BCUT2D eigenvalue weighted by atomic mass is 9.86. The number of hydrogen-bond acceptors (Lipinski definition) is 7. The number of rotatable bonds is 4. The van der Waals surface area contributed by atoms with Gasteiger partial charge in [-0.3, -0.25) is 0 Å². The van der Waals surface area contributed by atoms with Crippen molar-refractivity contribution in [3.05, 3.63) is 29.6 Å². The lowest BCUT2D eigenvalue weighted by Gasteiger charge is -2.48. The Bertz CT molecular complexity index is 976. The number of nitrogens with zero attached hydrogens (tertiary/aromatic N) is 5. The second-order valence-electron chi connectivity index (χ2n) is 9.44. The van der Waals surface area contributed by atoms with E-state index in [4.69, 9.17) is 16.3 Å². The second-order valence-corrected chi connectivity index (χ2v) is 9.78. The summed E-state index contributed by atoms with van der Waals surface area (Å²) in [6, 6.07) is 2.34. The minimum absolute atomic E-state index is 0.0273. The van der Waals surface area contributed by atoms with Gasteiger partial charge < -0.3 is 24.8 Å². The van der Waals surface area contributed by atoms with Crippen molar-refractivity contribution in [1.82, 2.24) is 24.4 Å². The van der Waals surface area contributed by atoms with Crippen molar-refractivity contribution in [3.8, 4) is 0 Å². The molecule has 5 rings (SSSR count). The van der Waals surface area contributed by atoms with E-state index in [1.165, 1.54) is 0 Å². The summed E-state index contributed by atoms with van der Waals surface area (Å²) in [5, 5.41) is 7.03. The van der Waals surface area contributed by atoms with E-state index in [0.717, 1.165) is 30.9 Å². The van der Waals surface area contributed by atoms with Gasteiger partial charge in [-0.2, -0.15) is 0 Å². The Morgan fingerprint density at radius 3 is 2.60 bits per heavy atom. The van der Waals surface area contributed by atoms with Crippen molar-refractivity contribution < 1.29 is 9.53 Å². The molecule has 3 aliphatic rings. The molecule has 1 spiro atoms. The van der Waals surface area contributed by atoms with Crippen molar-refractivity contribution in [2.75, 3.05) is 23.7 Å². The van der Waals surface area contributed by atoms with E-state index in [9.17, 15) is 4.79 Å². The normalized spacial score (nSPS) is 21.9. The first-order valence-corrected chi connectivity index (χ1v) is 10.7. The molecular weight excluding hydrogens is 406 g/mol. The van der Waals surface area contributed by atoms with Gasteiger partial charge in [-0.05, 0) is 45.2 Å². The molecule has 9 nitrogen and oxygen atoms in total. The molecule has 2 fully saturated rings. The number of imidazole rings is 1. The van der Waals surface area contributed by atoms with Gasteiger partial charge in [0.15, 0.2) is 0 Å². The van der Waals surface area contributed by atoms with Gasteiger partial charge >= 0.3 is 6.09 Å². The van der Waals surface area contributed by atoms with Crippen molar-refractivity contribution in [2.45, 2.75) is 63.3 Å². The van der Waals surface area contributed by atoms with Gasteiger partial charge in [0.2, 0.25) is 5.28 Å². The van der Waals surface area contributed by atoms with Crippen LogP contribution in [-0.4, -0.2) is 55.2 Å². The molecule has 10 heteroatoms. The molecule has 1 aliphatic carbocycles. The van der Waals surface area contributed by atoms with Crippen molar-refractivity contribution >= 4 is 29.3 Å². The zero-order valence-electron chi connectivity index (χ0n) is 17.4. The van der Waals surface area contributed by atoms with Crippen LogP contribution in [-0.2, 0) is 10.3 Å². The van der Waals surface area contributed by atoms with Crippen molar-refractivity contribution in [2.24, 2.45) is 0 Å². The van der Waals surface area contributed by atoms with Gasteiger partial charge in [-0.1, -0.05) is 0 Å². The van der Waals surface area contributed by atoms with E-state index in [2.05, 4.69) is 30.2 Å². The fourth-order valence-electron chi connectivity index (χ4n) is 4.24. The fourth-order valence-corrected chi connectivity index (χ4v) is 4.42. The van der Waals surface area contributed by atoms with Crippen LogP contribution >= 0.6 is 11.6 Å². The van der Waals surface area contributed by atoms with Crippen LogP contribution in [0.15, 0.2) is 18.5 Å². The summed E-state index contributed by atoms with van der Waals surface area (Å²) in [6.45, 7) is 6.83. The van der Waals surface area contributed by atoms with Crippen LogP contribution in [0.1, 0.15) is 51.9 Å². The highest BCUT2D eigenvalue weighted by Crippen LogP contribution is 2.46. The molecule has 1 saturated heterocycles. The van der Waals surface area contributed by atoms with Crippen molar-refractivity contribution in [1.29, 1.82) is 0 Å². The minimum Gasteiger partial charge on any atom is -0.444 e. The summed E-state index contributed by atoms with van der Waals surface area (Å²) >= 11 is 6.14. The smallest absolute Gasteiger partial charge is 0.410 e. The summed E-state index contributed by atoms with van der Waals surface area (Å²) in [7, 11) is 0. The van der Waals surface area contributed by atoms with E-state index in [1.807, 2.05) is 33.0 Å². The number of anilines is 2. The standard InChI is InChI=1S/C20H26ClN7O2/c1-19(2,3)30-18(29)27-10-20(11-27)9-13(16-22-6-7-28(16)20)24-15-8-14(23-12-4-5-12)25-17(21)26-15/h6-8,12-13H,4-5,9-11H2,1-3H3,(H2,23,24,25,26). The van der Waals surface area contributed by atoms with Crippen LogP contribution in [0.25, 0.3) is 0 Å². The molecule has 0 radical (unpaired) electrons. The predicted octanol–water partition coefficient (Wildman–Crippen LogP) is 3.40. The van der Waals surface area contributed by atoms with E-state index in [0.29, 0.717) is 24.9 Å². The molecule has 0 bridgehead atoms. The fraction of sp³-hybridized carbons (Fsp3) is 0.600. The zero-order valence-corrected chi connectivity index (χ0v) is 18.1. The largest absolute Gasteiger partial charge is 0.444 e. The van der Waals surface area contributed by atoms with Gasteiger partial charge in [-0.25, -0.2) is 19.7 Å². The van der Waals surface area contributed by atoms with Gasteiger partial charge in [0, 0.05) is 44.0 Å². The average Bonchev–Trinajstić information content (AvgIpc) is 3.16. The highest BCUT2D eigenvalue weighted by molar-refractivity contribution is 6.28. The minimum atomic E-state index is -0.502. The topological polar surface area (TPSA) is 97.2 Å².